The lowest BCUT2D eigenvalue weighted by atomic mass is 10.0. The van der Waals surface area contributed by atoms with E-state index in [1.165, 1.54) is 12.1 Å². The van der Waals surface area contributed by atoms with E-state index in [0.717, 1.165) is 43.2 Å². The van der Waals surface area contributed by atoms with Crippen LogP contribution in [0.1, 0.15) is 26.0 Å². The van der Waals surface area contributed by atoms with Gasteiger partial charge in [0.05, 0.1) is 18.9 Å². The van der Waals surface area contributed by atoms with Crippen molar-refractivity contribution in [2.75, 3.05) is 38.2 Å². The first-order valence-corrected chi connectivity index (χ1v) is 8.65. The largest absolute Gasteiger partial charge is 0.495 e. The van der Waals surface area contributed by atoms with E-state index in [2.05, 4.69) is 15.9 Å². The van der Waals surface area contributed by atoms with Crippen LogP contribution in [-0.2, 0) is 0 Å². The van der Waals surface area contributed by atoms with E-state index < -0.39 is 6.10 Å². The topological polar surface area (TPSA) is 35.9 Å². The Labute approximate surface area is 155 Å². The number of nitrogens with zero attached hydrogens (tertiary/aromatic N) is 2. The van der Waals surface area contributed by atoms with Gasteiger partial charge in [-0.25, -0.2) is 4.39 Å². The second-order valence-electron chi connectivity index (χ2n) is 6.43. The molecule has 1 aliphatic rings. The van der Waals surface area contributed by atoms with Crippen molar-refractivity contribution >= 4 is 5.69 Å². The molecular weight excluding hydrogens is 331 g/mol. The molecule has 2 aromatic carbocycles. The Kier molecular flexibility index (Phi) is 7.00. The van der Waals surface area contributed by atoms with Gasteiger partial charge in [-0.05, 0) is 36.8 Å². The molecule has 1 aliphatic heterocycles. The fraction of sp³-hybridized carbons (Fsp3) is 0.429. The molecule has 142 valence electrons. The van der Waals surface area contributed by atoms with Crippen LogP contribution in [0, 0.1) is 5.82 Å². The molecule has 0 spiro atoms. The SMILES string of the molecule is C.COc1ccccc1N1CCN(C(C)C(O)c2ccc(F)cc2)CC1. The van der Waals surface area contributed by atoms with Crippen LogP contribution in [0.25, 0.3) is 0 Å². The molecular formula is C21H29FN2O2. The van der Waals surface area contributed by atoms with Gasteiger partial charge in [-0.15, -0.1) is 0 Å². The molecule has 4 nitrogen and oxygen atoms in total. The van der Waals surface area contributed by atoms with Crippen molar-refractivity contribution in [3.8, 4) is 5.75 Å². The van der Waals surface area contributed by atoms with Crippen molar-refractivity contribution in [1.82, 2.24) is 4.90 Å². The van der Waals surface area contributed by atoms with Crippen molar-refractivity contribution in [3.05, 3.63) is 59.9 Å². The maximum Gasteiger partial charge on any atom is 0.142 e. The summed E-state index contributed by atoms with van der Waals surface area (Å²) < 4.78 is 18.5. The monoisotopic (exact) mass is 360 g/mol. The summed E-state index contributed by atoms with van der Waals surface area (Å²) >= 11 is 0. The van der Waals surface area contributed by atoms with Crippen LogP contribution in [-0.4, -0.2) is 49.3 Å². The number of halogens is 1. The number of ether oxygens (including phenoxy) is 1. The van der Waals surface area contributed by atoms with Crippen LogP contribution in [0.2, 0.25) is 0 Å². The summed E-state index contributed by atoms with van der Waals surface area (Å²) in [5, 5.41) is 10.6. The lowest BCUT2D eigenvalue weighted by molar-refractivity contribution is 0.0545. The van der Waals surface area contributed by atoms with E-state index in [0.29, 0.717) is 0 Å². The van der Waals surface area contributed by atoms with Crippen molar-refractivity contribution in [1.29, 1.82) is 0 Å². The second kappa shape index (κ2) is 9.01. The maximum atomic E-state index is 13.1. The zero-order valence-electron chi connectivity index (χ0n) is 14.7. The minimum Gasteiger partial charge on any atom is -0.495 e. The summed E-state index contributed by atoms with van der Waals surface area (Å²) in [5.41, 5.74) is 1.86. The van der Waals surface area contributed by atoms with Crippen LogP contribution in [0.15, 0.2) is 48.5 Å². The fourth-order valence-corrected chi connectivity index (χ4v) is 3.40. The molecule has 0 amide bonds. The molecule has 1 N–H and O–H groups in total. The van der Waals surface area contributed by atoms with E-state index in [1.54, 1.807) is 19.2 Å². The number of rotatable bonds is 5. The zero-order chi connectivity index (χ0) is 17.8. The molecule has 1 saturated heterocycles. The Morgan fingerprint density at radius 2 is 1.62 bits per heavy atom. The number of benzene rings is 2. The zero-order valence-corrected chi connectivity index (χ0v) is 14.7. The quantitative estimate of drug-likeness (QED) is 0.882. The molecule has 2 aromatic rings. The molecule has 0 saturated carbocycles. The summed E-state index contributed by atoms with van der Waals surface area (Å²) in [7, 11) is 1.69. The van der Waals surface area contributed by atoms with Crippen LogP contribution in [0.3, 0.4) is 0 Å². The van der Waals surface area contributed by atoms with E-state index in [4.69, 9.17) is 4.74 Å². The molecule has 3 rings (SSSR count). The van der Waals surface area contributed by atoms with Gasteiger partial charge in [-0.1, -0.05) is 31.7 Å². The van der Waals surface area contributed by atoms with Gasteiger partial charge in [0.15, 0.2) is 0 Å². The molecule has 5 heteroatoms. The van der Waals surface area contributed by atoms with Crippen molar-refractivity contribution < 1.29 is 14.2 Å². The molecule has 0 aromatic heterocycles. The Balaban J connectivity index is 0.00000243. The van der Waals surface area contributed by atoms with Gasteiger partial charge in [-0.2, -0.15) is 0 Å². The van der Waals surface area contributed by atoms with Gasteiger partial charge in [0, 0.05) is 32.2 Å². The van der Waals surface area contributed by atoms with E-state index in [9.17, 15) is 9.50 Å². The Bertz CT molecular complexity index is 685. The van der Waals surface area contributed by atoms with Gasteiger partial charge in [0.1, 0.15) is 11.6 Å². The highest BCUT2D eigenvalue weighted by Gasteiger charge is 2.27. The Morgan fingerprint density at radius 1 is 1.00 bits per heavy atom. The predicted molar refractivity (Wildman–Crippen MR) is 104 cm³/mol. The summed E-state index contributed by atoms with van der Waals surface area (Å²) in [6, 6.07) is 14.1. The first kappa shape index (κ1) is 20.2. The summed E-state index contributed by atoms with van der Waals surface area (Å²) in [5.74, 6) is 0.601. The van der Waals surface area contributed by atoms with Crippen LogP contribution in [0.4, 0.5) is 10.1 Å². The van der Waals surface area contributed by atoms with Gasteiger partial charge in [0.2, 0.25) is 0 Å². The molecule has 0 aliphatic carbocycles. The first-order chi connectivity index (χ1) is 12.1. The molecule has 2 unspecified atom stereocenters. The third-order valence-corrected chi connectivity index (χ3v) is 4.98. The van der Waals surface area contributed by atoms with E-state index in [1.807, 2.05) is 25.1 Å². The molecule has 1 fully saturated rings. The lowest BCUT2D eigenvalue weighted by Gasteiger charge is -2.40. The maximum absolute atomic E-state index is 13.1. The Morgan fingerprint density at radius 3 is 2.23 bits per heavy atom. The molecule has 0 bridgehead atoms. The lowest BCUT2D eigenvalue weighted by Crippen LogP contribution is -2.51. The fourth-order valence-electron chi connectivity index (χ4n) is 3.40. The number of hydrogen-bond acceptors (Lipinski definition) is 4. The standard InChI is InChI=1S/C20H25FN2O2.CH4/c1-15(20(24)16-7-9-17(21)10-8-16)22-11-13-23(14-12-22)18-5-3-4-6-19(18)25-2;/h3-10,15,20,24H,11-14H2,1-2H3;1H4. The first-order valence-electron chi connectivity index (χ1n) is 8.65. The minimum atomic E-state index is -0.626. The second-order valence-corrected chi connectivity index (χ2v) is 6.43. The number of hydrogen-bond donors (Lipinski definition) is 1. The van der Waals surface area contributed by atoms with Crippen LogP contribution in [0.5, 0.6) is 5.75 Å². The molecule has 2 atom stereocenters. The predicted octanol–water partition coefficient (Wildman–Crippen LogP) is 3.71. The summed E-state index contributed by atoms with van der Waals surface area (Å²) in [6.45, 7) is 5.49. The third kappa shape index (κ3) is 4.34. The van der Waals surface area contributed by atoms with Gasteiger partial charge in [0.25, 0.3) is 0 Å². The normalized spacial score (nSPS) is 17.3. The average Bonchev–Trinajstić information content (AvgIpc) is 2.67. The van der Waals surface area contributed by atoms with Crippen LogP contribution >= 0.6 is 0 Å². The molecule has 0 radical (unpaired) electrons. The van der Waals surface area contributed by atoms with Gasteiger partial charge >= 0.3 is 0 Å². The third-order valence-electron chi connectivity index (χ3n) is 4.98. The number of piperazine rings is 1. The summed E-state index contributed by atoms with van der Waals surface area (Å²) in [4.78, 5) is 4.59. The van der Waals surface area contributed by atoms with E-state index >= 15 is 0 Å². The Hall–Kier alpha value is -2.11. The molecule has 1 heterocycles. The minimum absolute atomic E-state index is 0. The van der Waals surface area contributed by atoms with Gasteiger partial charge < -0.3 is 14.7 Å². The van der Waals surface area contributed by atoms with Crippen molar-refractivity contribution in [2.45, 2.75) is 26.5 Å². The van der Waals surface area contributed by atoms with Crippen molar-refractivity contribution in [3.63, 3.8) is 0 Å². The van der Waals surface area contributed by atoms with Crippen LogP contribution < -0.4 is 9.64 Å². The van der Waals surface area contributed by atoms with E-state index in [-0.39, 0.29) is 19.3 Å². The highest BCUT2D eigenvalue weighted by molar-refractivity contribution is 5.58. The van der Waals surface area contributed by atoms with Gasteiger partial charge in [-0.3, -0.25) is 4.90 Å². The number of aliphatic hydroxyl groups excluding tert-OH is 1. The number of aliphatic hydroxyl groups is 1. The number of para-hydroxylation sites is 2. The number of methoxy groups -OCH3 is 1. The highest BCUT2D eigenvalue weighted by Crippen LogP contribution is 2.29. The smallest absolute Gasteiger partial charge is 0.142 e. The number of anilines is 1. The highest BCUT2D eigenvalue weighted by atomic mass is 19.1. The summed E-state index contributed by atoms with van der Waals surface area (Å²) in [6.07, 6.45) is -0.626. The van der Waals surface area contributed by atoms with Crippen molar-refractivity contribution in [2.24, 2.45) is 0 Å². The average molecular weight is 360 g/mol. The molecule has 26 heavy (non-hydrogen) atoms.